The molecule has 10 heteroatoms. The predicted octanol–water partition coefficient (Wildman–Crippen LogP) is 2.57. The van der Waals surface area contributed by atoms with Crippen LogP contribution in [-0.2, 0) is 19.6 Å². The lowest BCUT2D eigenvalue weighted by Crippen LogP contribution is -2.36. The van der Waals surface area contributed by atoms with Gasteiger partial charge in [-0.15, -0.1) is 0 Å². The molecule has 0 heterocycles. The van der Waals surface area contributed by atoms with Crippen LogP contribution < -0.4 is 5.32 Å². The fourth-order valence-electron chi connectivity index (χ4n) is 0.878. The quantitative estimate of drug-likeness (QED) is 0.843. The smallest absolute Gasteiger partial charge is 0.344 e. The summed E-state index contributed by atoms with van der Waals surface area (Å²) in [4.78, 5) is 10.4. The zero-order valence-corrected chi connectivity index (χ0v) is 11.4. The molecule has 0 saturated carbocycles. The van der Waals surface area contributed by atoms with Crippen molar-refractivity contribution in [2.45, 2.75) is 12.7 Å². The Kier molecular flexibility index (Phi) is 7.17. The molecular weight excluding hydrogens is 330 g/mol. The third-order valence-corrected chi connectivity index (χ3v) is 1.55. The van der Waals surface area contributed by atoms with Crippen molar-refractivity contribution in [1.82, 2.24) is 5.32 Å². The number of amides is 1. The number of halogens is 5. The summed E-state index contributed by atoms with van der Waals surface area (Å²) in [6.07, 6.45) is -4.81. The molecule has 108 valence electrons. The molecule has 0 bridgehead atoms. The molecule has 19 heavy (non-hydrogen) atoms. The summed E-state index contributed by atoms with van der Waals surface area (Å²) in [5, 5.41) is 1.77. The monoisotopic (exact) mass is 337 g/mol. The highest BCUT2D eigenvalue weighted by molar-refractivity contribution is 8.31. The van der Waals surface area contributed by atoms with Gasteiger partial charge in [-0.2, -0.15) is 21.6 Å². The summed E-state index contributed by atoms with van der Waals surface area (Å²) in [7, 11) is 4.81. The first kappa shape index (κ1) is 18.0. The van der Waals surface area contributed by atoms with Crippen LogP contribution in [0, 0.1) is 0 Å². The number of alkyl halides is 3. The van der Waals surface area contributed by atoms with Crippen molar-refractivity contribution in [2.75, 3.05) is 0 Å². The summed E-state index contributed by atoms with van der Waals surface area (Å²) in [5.74, 6) is -1.92. The fourth-order valence-corrected chi connectivity index (χ4v) is 0.878. The highest BCUT2D eigenvalue weighted by Gasteiger charge is 2.38. The van der Waals surface area contributed by atoms with E-state index < -0.39 is 20.3 Å². The lowest BCUT2D eigenvalue weighted by Gasteiger charge is -2.07. The van der Waals surface area contributed by atoms with Crippen LogP contribution in [0.4, 0.5) is 13.2 Å². The molecule has 0 spiro atoms. The molecule has 1 amide bonds. The van der Waals surface area contributed by atoms with Gasteiger partial charge in [-0.3, -0.25) is 4.79 Å². The molecule has 1 aromatic carbocycles. The molecule has 0 aliphatic rings. The fraction of sp³-hybridized carbons (Fsp3) is 0.222. The van der Waals surface area contributed by atoms with Gasteiger partial charge >= 0.3 is 20.3 Å². The van der Waals surface area contributed by atoms with Gasteiger partial charge in [0.2, 0.25) is 0 Å². The number of nitrogens with one attached hydrogen (secondary N) is 1. The van der Waals surface area contributed by atoms with E-state index in [0.717, 1.165) is 0 Å². The number of hydrogen-bond donors (Lipinski definition) is 1. The zero-order valence-electron chi connectivity index (χ0n) is 9.12. The van der Waals surface area contributed by atoms with Crippen LogP contribution in [-0.4, -0.2) is 20.5 Å². The van der Waals surface area contributed by atoms with Gasteiger partial charge < -0.3 is 5.32 Å². The van der Waals surface area contributed by atoms with Gasteiger partial charge in [0.1, 0.15) is 0 Å². The highest BCUT2D eigenvalue weighted by atomic mass is 36.0. The first-order valence-electron chi connectivity index (χ1n) is 4.53. The van der Waals surface area contributed by atoms with Crippen molar-refractivity contribution >= 4 is 35.5 Å². The summed E-state index contributed by atoms with van der Waals surface area (Å²) >= 11 is 0. The van der Waals surface area contributed by atoms with Gasteiger partial charge in [-0.05, 0) is 5.56 Å². The molecule has 0 aliphatic carbocycles. The second kappa shape index (κ2) is 7.56. The Morgan fingerprint density at radius 2 is 1.58 bits per heavy atom. The van der Waals surface area contributed by atoms with Gasteiger partial charge in [-0.25, -0.2) is 0 Å². The first-order chi connectivity index (χ1) is 8.50. The maximum absolute atomic E-state index is 11.7. The predicted molar refractivity (Wildman–Crippen MR) is 65.0 cm³/mol. The minimum Gasteiger partial charge on any atom is -0.344 e. The Morgan fingerprint density at radius 1 is 1.16 bits per heavy atom. The Hall–Kier alpha value is -0.990. The molecule has 4 nitrogen and oxygen atoms in total. The molecule has 1 N–H and O–H groups in total. The van der Waals surface area contributed by atoms with Gasteiger partial charge in [0.15, 0.2) is 0 Å². The van der Waals surface area contributed by atoms with Crippen LogP contribution >= 0.6 is 21.4 Å². The molecule has 1 aromatic rings. The normalized spacial score (nSPS) is 11.2. The lowest BCUT2D eigenvalue weighted by atomic mass is 10.2. The van der Waals surface area contributed by atoms with Crippen LogP contribution in [0.2, 0.25) is 0 Å². The van der Waals surface area contributed by atoms with E-state index in [1.54, 1.807) is 35.6 Å². The summed E-state index contributed by atoms with van der Waals surface area (Å²) in [6.45, 7) is -0.112. The van der Waals surface area contributed by atoms with Crippen molar-refractivity contribution in [3.8, 4) is 0 Å². The van der Waals surface area contributed by atoms with Crippen molar-refractivity contribution in [3.05, 3.63) is 35.9 Å². The minimum absolute atomic E-state index is 0.112. The van der Waals surface area contributed by atoms with Gasteiger partial charge in [0.05, 0.1) is 0 Å². The molecule has 0 fully saturated rings. The molecular formula is C9H8Cl2F3NO3S. The van der Waals surface area contributed by atoms with E-state index in [2.05, 4.69) is 21.4 Å². The zero-order chi connectivity index (χ0) is 15.1. The number of carbonyl (C=O) groups is 1. The van der Waals surface area contributed by atoms with E-state index in [1.807, 2.05) is 0 Å². The summed E-state index contributed by atoms with van der Waals surface area (Å²) in [5.41, 5.74) is 0.630. The Labute approximate surface area is 116 Å². The van der Waals surface area contributed by atoms with E-state index in [0.29, 0.717) is 5.56 Å². The molecule has 1 rings (SSSR count). The van der Waals surface area contributed by atoms with Crippen molar-refractivity contribution in [1.29, 1.82) is 0 Å². The largest absolute Gasteiger partial charge is 0.471 e. The van der Waals surface area contributed by atoms with Crippen LogP contribution in [0.3, 0.4) is 0 Å². The number of hydrogen-bond acceptors (Lipinski definition) is 3. The van der Waals surface area contributed by atoms with E-state index in [-0.39, 0.29) is 6.54 Å². The van der Waals surface area contributed by atoms with Crippen molar-refractivity contribution < 1.29 is 26.4 Å². The molecule has 0 aliphatic heterocycles. The number of carbonyl (C=O) groups excluding carboxylic acids is 1. The number of benzene rings is 1. The summed E-state index contributed by atoms with van der Waals surface area (Å²) in [6, 6.07) is 8.40. The average molecular weight is 338 g/mol. The highest BCUT2D eigenvalue weighted by Crippen LogP contribution is 2.14. The average Bonchev–Trinajstić information content (AvgIpc) is 2.23. The topological polar surface area (TPSA) is 63.2 Å². The second-order valence-electron chi connectivity index (χ2n) is 3.04. The first-order valence-corrected chi connectivity index (χ1v) is 7.67. The maximum atomic E-state index is 11.7. The maximum Gasteiger partial charge on any atom is 0.471 e. The molecule has 0 unspecified atom stereocenters. The molecule has 0 aromatic heterocycles. The Balaban J connectivity index is 0.000000555. The standard InChI is InChI=1S/C9H8F3NO.Cl2O2S/c10-9(11,12)8(14)13-6-7-4-2-1-3-5-7;1-5(2,3)4/h1-5H,6H2,(H,13,14);. The minimum atomic E-state index is -4.81. The van der Waals surface area contributed by atoms with Gasteiger partial charge in [0.25, 0.3) is 0 Å². The van der Waals surface area contributed by atoms with Crippen molar-refractivity contribution in [2.24, 2.45) is 0 Å². The van der Waals surface area contributed by atoms with Crippen LogP contribution in [0.5, 0.6) is 0 Å². The van der Waals surface area contributed by atoms with Crippen LogP contribution in [0.1, 0.15) is 5.56 Å². The molecule has 0 saturated heterocycles. The van der Waals surface area contributed by atoms with E-state index >= 15 is 0 Å². The van der Waals surface area contributed by atoms with Crippen LogP contribution in [0.15, 0.2) is 30.3 Å². The van der Waals surface area contributed by atoms with E-state index in [4.69, 9.17) is 8.42 Å². The second-order valence-corrected chi connectivity index (χ2v) is 6.71. The Bertz CT molecular complexity index is 497. The Morgan fingerprint density at radius 3 is 1.95 bits per heavy atom. The van der Waals surface area contributed by atoms with Gasteiger partial charge in [-0.1, -0.05) is 30.3 Å². The molecule has 0 radical (unpaired) electrons. The molecule has 0 atom stereocenters. The third kappa shape index (κ3) is 11.8. The lowest BCUT2D eigenvalue weighted by molar-refractivity contribution is -0.173. The van der Waals surface area contributed by atoms with Crippen molar-refractivity contribution in [3.63, 3.8) is 0 Å². The van der Waals surface area contributed by atoms with Gasteiger partial charge in [0, 0.05) is 27.9 Å². The SMILES string of the molecule is O=C(NCc1ccccc1)C(F)(F)F.O=S(=O)(Cl)Cl. The summed E-state index contributed by atoms with van der Waals surface area (Å²) < 4.78 is 53.5. The van der Waals surface area contributed by atoms with E-state index in [1.165, 1.54) is 0 Å². The third-order valence-electron chi connectivity index (χ3n) is 1.55. The van der Waals surface area contributed by atoms with E-state index in [9.17, 15) is 18.0 Å². The van der Waals surface area contributed by atoms with Crippen LogP contribution in [0.25, 0.3) is 0 Å². The number of rotatable bonds is 2.